The van der Waals surface area contributed by atoms with Gasteiger partial charge in [-0.05, 0) is 23.8 Å². The molecule has 0 atom stereocenters. The largest absolute Gasteiger partial charge is 0.298 e. The van der Waals surface area contributed by atoms with Gasteiger partial charge in [-0.1, -0.05) is 29.8 Å². The maximum Gasteiger partial charge on any atom is 0.166 e. The first-order valence-electron chi connectivity index (χ1n) is 4.82. The molecule has 2 rings (SSSR count). The van der Waals surface area contributed by atoms with Crippen molar-refractivity contribution in [1.29, 1.82) is 0 Å². The average Bonchev–Trinajstić information content (AvgIpc) is 2.32. The van der Waals surface area contributed by atoms with E-state index in [0.717, 1.165) is 6.07 Å². The Morgan fingerprint density at radius 3 is 2.53 bits per heavy atom. The van der Waals surface area contributed by atoms with Crippen molar-refractivity contribution in [3.8, 4) is 11.1 Å². The lowest BCUT2D eigenvalue weighted by atomic mass is 10.0. The van der Waals surface area contributed by atoms with E-state index in [1.165, 1.54) is 30.3 Å². The molecule has 86 valence electrons. The van der Waals surface area contributed by atoms with Crippen LogP contribution in [0.5, 0.6) is 0 Å². The monoisotopic (exact) mass is 252 g/mol. The van der Waals surface area contributed by atoms with Crippen molar-refractivity contribution < 1.29 is 13.6 Å². The highest BCUT2D eigenvalue weighted by molar-refractivity contribution is 6.33. The smallest absolute Gasteiger partial charge is 0.166 e. The van der Waals surface area contributed by atoms with Crippen LogP contribution in [0.2, 0.25) is 5.02 Å². The molecule has 0 aliphatic carbocycles. The third-order valence-corrected chi connectivity index (χ3v) is 2.72. The van der Waals surface area contributed by atoms with Crippen molar-refractivity contribution in [3.05, 3.63) is 58.6 Å². The van der Waals surface area contributed by atoms with E-state index in [2.05, 4.69) is 0 Å². The van der Waals surface area contributed by atoms with Crippen LogP contribution in [0.25, 0.3) is 11.1 Å². The van der Waals surface area contributed by atoms with Gasteiger partial charge in [0.15, 0.2) is 17.9 Å². The summed E-state index contributed by atoms with van der Waals surface area (Å²) in [5, 5.41) is 0.209. The number of halogens is 3. The van der Waals surface area contributed by atoms with Gasteiger partial charge in [0.1, 0.15) is 0 Å². The van der Waals surface area contributed by atoms with E-state index in [4.69, 9.17) is 11.6 Å². The quantitative estimate of drug-likeness (QED) is 0.736. The van der Waals surface area contributed by atoms with Gasteiger partial charge in [0.05, 0.1) is 5.02 Å². The molecule has 0 unspecified atom stereocenters. The molecule has 0 spiro atoms. The fourth-order valence-corrected chi connectivity index (χ4v) is 1.74. The normalized spacial score (nSPS) is 10.3. The minimum atomic E-state index is -0.928. The van der Waals surface area contributed by atoms with Crippen molar-refractivity contribution >= 4 is 17.9 Å². The summed E-state index contributed by atoms with van der Waals surface area (Å²) in [5.41, 5.74) is 0.856. The number of carbonyl (C=O) groups excluding carboxylic acids is 1. The van der Waals surface area contributed by atoms with Crippen LogP contribution in [-0.2, 0) is 0 Å². The molecule has 0 bridgehead atoms. The maximum absolute atomic E-state index is 13.5. The zero-order valence-electron chi connectivity index (χ0n) is 8.58. The van der Waals surface area contributed by atoms with Gasteiger partial charge in [-0.25, -0.2) is 8.78 Å². The number of hydrogen-bond acceptors (Lipinski definition) is 1. The van der Waals surface area contributed by atoms with Crippen molar-refractivity contribution in [2.24, 2.45) is 0 Å². The zero-order valence-corrected chi connectivity index (χ0v) is 9.34. The fourth-order valence-electron chi connectivity index (χ4n) is 1.52. The Hall–Kier alpha value is -1.74. The van der Waals surface area contributed by atoms with Crippen LogP contribution in [-0.4, -0.2) is 6.29 Å². The molecule has 0 saturated carbocycles. The lowest BCUT2D eigenvalue weighted by molar-refractivity contribution is 0.112. The molecule has 1 nitrogen and oxygen atoms in total. The minimum absolute atomic E-state index is 0.115. The molecule has 0 saturated heterocycles. The van der Waals surface area contributed by atoms with Crippen LogP contribution < -0.4 is 0 Å². The Morgan fingerprint density at radius 2 is 1.88 bits per heavy atom. The Kier molecular flexibility index (Phi) is 3.20. The van der Waals surface area contributed by atoms with E-state index >= 15 is 0 Å². The molecular formula is C13H7ClF2O. The summed E-state index contributed by atoms with van der Waals surface area (Å²) >= 11 is 5.82. The van der Waals surface area contributed by atoms with Crippen LogP contribution in [0.4, 0.5) is 8.78 Å². The summed E-state index contributed by atoms with van der Waals surface area (Å²) in [6.45, 7) is 0. The Labute approximate surface area is 102 Å². The molecule has 0 heterocycles. The van der Waals surface area contributed by atoms with Crippen molar-refractivity contribution in [3.63, 3.8) is 0 Å². The maximum atomic E-state index is 13.5. The summed E-state index contributed by atoms with van der Waals surface area (Å²) in [4.78, 5) is 10.6. The number of rotatable bonds is 2. The van der Waals surface area contributed by atoms with Gasteiger partial charge >= 0.3 is 0 Å². The lowest BCUT2D eigenvalue weighted by Gasteiger charge is -2.05. The van der Waals surface area contributed by atoms with Crippen LogP contribution in [0, 0.1) is 11.6 Å². The molecule has 0 aliphatic rings. The van der Waals surface area contributed by atoms with Crippen molar-refractivity contribution in [1.82, 2.24) is 0 Å². The Balaban J connectivity index is 2.57. The van der Waals surface area contributed by atoms with E-state index in [9.17, 15) is 13.6 Å². The molecule has 4 heteroatoms. The van der Waals surface area contributed by atoms with Gasteiger partial charge in [0, 0.05) is 11.1 Å². The third-order valence-electron chi connectivity index (χ3n) is 2.39. The van der Waals surface area contributed by atoms with E-state index in [1.807, 2.05) is 0 Å². The molecule has 0 fully saturated rings. The fraction of sp³-hybridized carbons (Fsp3) is 0. The van der Waals surface area contributed by atoms with Gasteiger partial charge in [-0.2, -0.15) is 0 Å². The topological polar surface area (TPSA) is 17.1 Å². The van der Waals surface area contributed by atoms with Gasteiger partial charge < -0.3 is 0 Å². The first kappa shape index (κ1) is 11.7. The zero-order chi connectivity index (χ0) is 12.4. The first-order chi connectivity index (χ1) is 8.13. The highest BCUT2D eigenvalue weighted by Gasteiger charge is 2.10. The highest BCUT2D eigenvalue weighted by atomic mass is 35.5. The van der Waals surface area contributed by atoms with Crippen LogP contribution >= 0.6 is 11.6 Å². The van der Waals surface area contributed by atoms with Gasteiger partial charge in [-0.15, -0.1) is 0 Å². The average molecular weight is 253 g/mol. The Morgan fingerprint density at radius 1 is 1.12 bits per heavy atom. The predicted octanol–water partition coefficient (Wildman–Crippen LogP) is 4.10. The molecule has 2 aromatic rings. The van der Waals surface area contributed by atoms with E-state index in [-0.39, 0.29) is 10.6 Å². The summed E-state index contributed by atoms with van der Waals surface area (Å²) in [5.74, 6) is -1.85. The summed E-state index contributed by atoms with van der Waals surface area (Å²) in [6.07, 6.45) is 0.605. The molecular weight excluding hydrogens is 246 g/mol. The summed E-state index contributed by atoms with van der Waals surface area (Å²) < 4.78 is 26.6. The van der Waals surface area contributed by atoms with Crippen LogP contribution in [0.15, 0.2) is 36.4 Å². The predicted molar refractivity (Wildman–Crippen MR) is 62.2 cm³/mol. The second kappa shape index (κ2) is 4.63. The minimum Gasteiger partial charge on any atom is -0.298 e. The molecule has 17 heavy (non-hydrogen) atoms. The highest BCUT2D eigenvalue weighted by Crippen LogP contribution is 2.27. The molecule has 2 aromatic carbocycles. The third kappa shape index (κ3) is 2.19. The number of aldehydes is 1. The van der Waals surface area contributed by atoms with Gasteiger partial charge in [-0.3, -0.25) is 4.79 Å². The van der Waals surface area contributed by atoms with Gasteiger partial charge in [0.25, 0.3) is 0 Å². The standard InChI is InChI=1S/C13H7ClF2O/c14-11-6-8(4-5-9(11)7-17)10-2-1-3-12(15)13(10)16/h1-7H. The Bertz CT molecular complexity index is 582. The van der Waals surface area contributed by atoms with Crippen LogP contribution in [0.1, 0.15) is 10.4 Å². The SMILES string of the molecule is O=Cc1ccc(-c2cccc(F)c2F)cc1Cl. The van der Waals surface area contributed by atoms with Gasteiger partial charge in [0.2, 0.25) is 0 Å². The molecule has 0 aliphatic heterocycles. The molecule has 0 radical (unpaired) electrons. The number of benzene rings is 2. The number of carbonyl (C=O) groups is 1. The van der Waals surface area contributed by atoms with Crippen molar-refractivity contribution in [2.45, 2.75) is 0 Å². The van der Waals surface area contributed by atoms with Crippen LogP contribution in [0.3, 0.4) is 0 Å². The second-order valence-electron chi connectivity index (χ2n) is 3.46. The van der Waals surface area contributed by atoms with Crippen molar-refractivity contribution in [2.75, 3.05) is 0 Å². The molecule has 0 amide bonds. The summed E-state index contributed by atoms with van der Waals surface area (Å²) in [7, 11) is 0. The van der Waals surface area contributed by atoms with E-state index in [0.29, 0.717) is 17.4 Å². The van der Waals surface area contributed by atoms with E-state index < -0.39 is 11.6 Å². The lowest BCUT2D eigenvalue weighted by Crippen LogP contribution is -1.90. The second-order valence-corrected chi connectivity index (χ2v) is 3.86. The number of hydrogen-bond donors (Lipinski definition) is 0. The molecule has 0 N–H and O–H groups in total. The summed E-state index contributed by atoms with van der Waals surface area (Å²) in [6, 6.07) is 8.33. The first-order valence-corrected chi connectivity index (χ1v) is 5.20. The van der Waals surface area contributed by atoms with E-state index in [1.54, 1.807) is 0 Å². The molecule has 0 aromatic heterocycles.